The maximum atomic E-state index is 6.06. The highest BCUT2D eigenvalue weighted by molar-refractivity contribution is 6.84. The van der Waals surface area contributed by atoms with Crippen molar-refractivity contribution in [2.24, 2.45) is 0 Å². The van der Waals surface area contributed by atoms with Gasteiger partial charge in [-0.25, -0.2) is 0 Å². The average molecular weight is 386 g/mol. The van der Waals surface area contributed by atoms with Crippen LogP contribution in [0.15, 0.2) is 0 Å². The fourth-order valence-electron chi connectivity index (χ4n) is 1.67. The summed E-state index contributed by atoms with van der Waals surface area (Å²) in [5, 5.41) is 0. The van der Waals surface area contributed by atoms with E-state index in [9.17, 15) is 0 Å². The molecule has 11 heteroatoms. The van der Waals surface area contributed by atoms with Crippen molar-refractivity contribution < 1.29 is 16.5 Å². The van der Waals surface area contributed by atoms with Crippen molar-refractivity contribution in [3.63, 3.8) is 0 Å². The van der Waals surface area contributed by atoms with E-state index in [2.05, 4.69) is 0 Å². The Balaban J connectivity index is 2.57. The first kappa shape index (κ1) is 17.6. The van der Waals surface area contributed by atoms with Crippen LogP contribution in [0.25, 0.3) is 0 Å². The number of hydrogen-bond donors (Lipinski definition) is 0. The predicted molar refractivity (Wildman–Crippen MR) is 84.7 cm³/mol. The van der Waals surface area contributed by atoms with Gasteiger partial charge in [-0.3, -0.25) is 0 Å². The van der Waals surface area contributed by atoms with Gasteiger partial charge < -0.3 is 16.5 Å². The molecule has 0 spiro atoms. The third-order valence-corrected chi connectivity index (χ3v) is 16.1. The molecule has 1 heterocycles. The summed E-state index contributed by atoms with van der Waals surface area (Å²) in [5.74, 6) is 0. The van der Waals surface area contributed by atoms with Gasteiger partial charge >= 0.3 is 26.4 Å². The molecular weight excluding hydrogens is 367 g/mol. The normalized spacial score (nSPS) is 29.8. The summed E-state index contributed by atoms with van der Waals surface area (Å²) in [5.41, 5.74) is 0. The summed E-state index contributed by atoms with van der Waals surface area (Å²) in [6.45, 7) is 8.06. The van der Waals surface area contributed by atoms with Gasteiger partial charge in [0.25, 0.3) is 10.0 Å². The van der Waals surface area contributed by atoms with Crippen molar-refractivity contribution in [2.75, 3.05) is 0 Å². The van der Waals surface area contributed by atoms with Crippen LogP contribution in [-0.2, 0) is 16.5 Å². The van der Waals surface area contributed by atoms with E-state index in [-0.39, 0.29) is 0 Å². The SMILES string of the molecule is C[Si]1(C)O[SiH2]O[SiH](CCC(Cl)(Cl)Cl)O[Si](C)(C)O1. The Bertz CT molecular complexity index is 286. The quantitative estimate of drug-likeness (QED) is 0.540. The molecule has 1 unspecified atom stereocenters. The van der Waals surface area contributed by atoms with Crippen LogP contribution >= 0.6 is 34.8 Å². The monoisotopic (exact) mass is 384 g/mol. The summed E-state index contributed by atoms with van der Waals surface area (Å²) in [6, 6.07) is 0.661. The van der Waals surface area contributed by atoms with Crippen molar-refractivity contribution >= 4 is 71.2 Å². The van der Waals surface area contributed by atoms with E-state index in [1.165, 1.54) is 0 Å². The largest absolute Gasteiger partial charge is 0.422 e. The van der Waals surface area contributed by atoms with Crippen molar-refractivity contribution in [3.05, 3.63) is 0 Å². The predicted octanol–water partition coefficient (Wildman–Crippen LogP) is 2.45. The van der Waals surface area contributed by atoms with E-state index in [1.807, 2.05) is 26.2 Å². The van der Waals surface area contributed by atoms with Gasteiger partial charge in [0.05, 0.1) is 0 Å². The molecule has 1 rings (SSSR count). The Labute approximate surface area is 130 Å². The average Bonchev–Trinajstić information content (AvgIpc) is 2.07. The summed E-state index contributed by atoms with van der Waals surface area (Å²) < 4.78 is 22.5. The molecule has 108 valence electrons. The highest BCUT2D eigenvalue weighted by Crippen LogP contribution is 2.33. The lowest BCUT2D eigenvalue weighted by Gasteiger charge is -2.38. The molecule has 0 aromatic heterocycles. The van der Waals surface area contributed by atoms with E-state index in [4.69, 9.17) is 51.3 Å². The number of hydrogen-bond acceptors (Lipinski definition) is 4. The molecular formula is C7H19Cl3O4Si4. The van der Waals surface area contributed by atoms with Gasteiger partial charge in [0.15, 0.2) is 3.79 Å². The molecule has 1 fully saturated rings. The van der Waals surface area contributed by atoms with Crippen molar-refractivity contribution in [3.8, 4) is 0 Å². The minimum absolute atomic E-state index is 0.439. The maximum absolute atomic E-state index is 6.06. The van der Waals surface area contributed by atoms with E-state index in [0.29, 0.717) is 12.5 Å². The molecule has 1 aliphatic heterocycles. The van der Waals surface area contributed by atoms with E-state index in [0.717, 1.165) is 0 Å². The Morgan fingerprint density at radius 1 is 1.11 bits per heavy atom. The zero-order chi connectivity index (χ0) is 14.0. The fourth-order valence-corrected chi connectivity index (χ4v) is 16.5. The summed E-state index contributed by atoms with van der Waals surface area (Å²) in [6.07, 6.45) is 0.439. The third kappa shape index (κ3) is 7.38. The molecule has 1 aliphatic rings. The lowest BCUT2D eigenvalue weighted by molar-refractivity contribution is 0.271. The van der Waals surface area contributed by atoms with Gasteiger partial charge in [0, 0.05) is 0 Å². The molecule has 1 atom stereocenters. The second kappa shape index (κ2) is 6.56. The highest BCUT2D eigenvalue weighted by Gasteiger charge is 2.41. The van der Waals surface area contributed by atoms with Gasteiger partial charge in [-0.2, -0.15) is 0 Å². The lowest BCUT2D eigenvalue weighted by atomic mass is 10.6. The molecule has 0 aliphatic carbocycles. The summed E-state index contributed by atoms with van der Waals surface area (Å²) in [4.78, 5) is 0. The molecule has 1 saturated heterocycles. The fraction of sp³-hybridized carbons (Fsp3) is 1.00. The first-order valence-corrected chi connectivity index (χ1v) is 15.4. The molecule has 0 bridgehead atoms. The number of halogens is 3. The molecule has 0 aromatic rings. The minimum atomic E-state index is -2.20. The van der Waals surface area contributed by atoms with Crippen LogP contribution in [0.3, 0.4) is 0 Å². The summed E-state index contributed by atoms with van der Waals surface area (Å²) >= 11 is 17.3. The topological polar surface area (TPSA) is 36.9 Å². The van der Waals surface area contributed by atoms with Gasteiger partial charge in [0.1, 0.15) is 0 Å². The smallest absolute Gasteiger partial charge is 0.313 e. The molecule has 0 saturated carbocycles. The van der Waals surface area contributed by atoms with Gasteiger partial charge in [-0.1, -0.05) is 34.8 Å². The molecule has 0 aromatic carbocycles. The van der Waals surface area contributed by atoms with Crippen LogP contribution in [0.1, 0.15) is 6.42 Å². The third-order valence-electron chi connectivity index (χ3n) is 2.23. The molecule has 0 radical (unpaired) electrons. The molecule has 4 nitrogen and oxygen atoms in total. The van der Waals surface area contributed by atoms with E-state index >= 15 is 0 Å². The number of rotatable bonds is 2. The van der Waals surface area contributed by atoms with Crippen molar-refractivity contribution in [2.45, 2.75) is 42.4 Å². The number of alkyl halides is 3. The highest BCUT2D eigenvalue weighted by atomic mass is 35.6. The summed E-state index contributed by atoms with van der Waals surface area (Å²) in [7, 11) is -7.17. The first-order valence-electron chi connectivity index (χ1n) is 5.69. The van der Waals surface area contributed by atoms with Crippen molar-refractivity contribution in [1.29, 1.82) is 0 Å². The zero-order valence-electron chi connectivity index (χ0n) is 11.0. The van der Waals surface area contributed by atoms with E-state index < -0.39 is 40.2 Å². The Kier molecular flexibility index (Phi) is 6.43. The standard InChI is InChI=1S/C7H19Cl3O4Si4/c1-17(2)12-15-11-16(6-5-7(8,9)10)13-18(3,4)14-17/h16H,5-6,15H2,1-4H3. The van der Waals surface area contributed by atoms with Crippen LogP contribution in [0, 0.1) is 0 Å². The first-order chi connectivity index (χ1) is 7.99. The van der Waals surface area contributed by atoms with Crippen LogP contribution in [0.2, 0.25) is 32.2 Å². The van der Waals surface area contributed by atoms with Gasteiger partial charge in [0.2, 0.25) is 0 Å². The van der Waals surface area contributed by atoms with Crippen LogP contribution < -0.4 is 0 Å². The maximum Gasteiger partial charge on any atom is 0.313 e. The zero-order valence-corrected chi connectivity index (χ0v) is 17.8. The Hall–Kier alpha value is 1.58. The van der Waals surface area contributed by atoms with Crippen LogP contribution in [-0.4, -0.2) is 40.2 Å². The molecule has 0 amide bonds. The van der Waals surface area contributed by atoms with Crippen LogP contribution in [0.5, 0.6) is 0 Å². The Morgan fingerprint density at radius 3 is 2.28 bits per heavy atom. The van der Waals surface area contributed by atoms with Gasteiger partial charge in [-0.15, -0.1) is 0 Å². The second-order valence-electron chi connectivity index (χ2n) is 5.03. The Morgan fingerprint density at radius 2 is 1.72 bits per heavy atom. The second-order valence-corrected chi connectivity index (χ2v) is 19.1. The molecule has 18 heavy (non-hydrogen) atoms. The van der Waals surface area contributed by atoms with Gasteiger partial charge in [-0.05, 0) is 38.7 Å². The molecule has 0 N–H and O–H groups in total. The lowest BCUT2D eigenvalue weighted by Crippen LogP contribution is -2.55. The van der Waals surface area contributed by atoms with Crippen molar-refractivity contribution in [1.82, 2.24) is 0 Å². The van der Waals surface area contributed by atoms with Crippen LogP contribution in [0.4, 0.5) is 0 Å². The minimum Gasteiger partial charge on any atom is -0.422 e. The van der Waals surface area contributed by atoms with E-state index in [1.54, 1.807) is 0 Å².